The van der Waals surface area contributed by atoms with E-state index in [2.05, 4.69) is 20.4 Å². The van der Waals surface area contributed by atoms with Crippen LogP contribution in [0.25, 0.3) is 0 Å². The summed E-state index contributed by atoms with van der Waals surface area (Å²) in [5.74, 6) is 1.03. The lowest BCUT2D eigenvalue weighted by atomic mass is 9.97. The first kappa shape index (κ1) is 18.1. The first-order valence-electron chi connectivity index (χ1n) is 9.04. The van der Waals surface area contributed by atoms with Crippen molar-refractivity contribution in [3.05, 3.63) is 58.0 Å². The molecule has 140 valence electrons. The Labute approximate surface area is 162 Å². The Balaban J connectivity index is 1.50. The van der Waals surface area contributed by atoms with Crippen LogP contribution in [0.4, 0.5) is 10.2 Å². The molecular formula is C20H20ClFN4O. The van der Waals surface area contributed by atoms with Gasteiger partial charge in [0.05, 0.1) is 10.7 Å². The van der Waals surface area contributed by atoms with E-state index in [0.29, 0.717) is 24.4 Å². The Morgan fingerprint density at radius 2 is 2.19 bits per heavy atom. The van der Waals surface area contributed by atoms with Crippen LogP contribution in [0.15, 0.2) is 40.6 Å². The fourth-order valence-electron chi connectivity index (χ4n) is 3.29. The molecule has 0 atom stereocenters. The fourth-order valence-corrected chi connectivity index (χ4v) is 3.49. The maximum atomic E-state index is 13.4. The maximum Gasteiger partial charge on any atom is 0.156 e. The summed E-state index contributed by atoms with van der Waals surface area (Å²) in [6.45, 7) is 1.77. The third kappa shape index (κ3) is 4.17. The molecule has 1 aromatic carbocycles. The van der Waals surface area contributed by atoms with Gasteiger partial charge in [0.1, 0.15) is 5.82 Å². The molecule has 1 aliphatic heterocycles. The smallest absolute Gasteiger partial charge is 0.156 e. The number of aromatic nitrogens is 1. The van der Waals surface area contributed by atoms with Gasteiger partial charge in [0.15, 0.2) is 5.82 Å². The second-order valence-electron chi connectivity index (χ2n) is 7.06. The van der Waals surface area contributed by atoms with Gasteiger partial charge >= 0.3 is 0 Å². The van der Waals surface area contributed by atoms with Gasteiger partial charge in [-0.3, -0.25) is 0 Å². The van der Waals surface area contributed by atoms with Crippen LogP contribution in [0.2, 0.25) is 5.02 Å². The summed E-state index contributed by atoms with van der Waals surface area (Å²) in [6.07, 6.45) is 5.31. The van der Waals surface area contributed by atoms with Crippen molar-refractivity contribution in [1.29, 1.82) is 0 Å². The average Bonchev–Trinajstić information content (AvgIpc) is 3.39. The van der Waals surface area contributed by atoms with Crippen LogP contribution in [0, 0.1) is 11.7 Å². The van der Waals surface area contributed by atoms with Crippen molar-refractivity contribution in [3.63, 3.8) is 0 Å². The molecule has 2 aliphatic rings. The van der Waals surface area contributed by atoms with Gasteiger partial charge in [0.25, 0.3) is 0 Å². The van der Waals surface area contributed by atoms with E-state index in [1.807, 2.05) is 6.07 Å². The lowest BCUT2D eigenvalue weighted by Crippen LogP contribution is -2.25. The first-order valence-corrected chi connectivity index (χ1v) is 9.42. The van der Waals surface area contributed by atoms with Crippen molar-refractivity contribution in [2.75, 3.05) is 13.1 Å². The van der Waals surface area contributed by atoms with Gasteiger partial charge in [0.2, 0.25) is 0 Å². The van der Waals surface area contributed by atoms with Crippen LogP contribution in [-0.4, -0.2) is 34.7 Å². The lowest BCUT2D eigenvalue weighted by Gasteiger charge is -2.10. The van der Waals surface area contributed by atoms with E-state index < -0.39 is 5.82 Å². The molecule has 5 nitrogen and oxygen atoms in total. The van der Waals surface area contributed by atoms with Crippen LogP contribution >= 0.6 is 11.6 Å². The Bertz CT molecular complexity index is 924. The van der Waals surface area contributed by atoms with Crippen molar-refractivity contribution in [2.24, 2.45) is 16.1 Å². The number of pyridine rings is 1. The zero-order valence-corrected chi connectivity index (χ0v) is 15.5. The Morgan fingerprint density at radius 3 is 2.93 bits per heavy atom. The molecule has 2 N–H and O–H groups in total. The van der Waals surface area contributed by atoms with E-state index in [9.17, 15) is 9.60 Å². The summed E-state index contributed by atoms with van der Waals surface area (Å²) < 4.78 is 13.4. The van der Waals surface area contributed by atoms with Gasteiger partial charge in [-0.1, -0.05) is 22.8 Å². The molecule has 4 rings (SSSR count). The number of fused-ring (bicyclic) bond motifs is 1. The molecule has 0 saturated heterocycles. The molecular weight excluding hydrogens is 367 g/mol. The predicted octanol–water partition coefficient (Wildman–Crippen LogP) is 3.92. The van der Waals surface area contributed by atoms with Gasteiger partial charge in [-0.15, -0.1) is 0 Å². The minimum absolute atomic E-state index is 0.0529. The topological polar surface area (TPSA) is 69.9 Å². The Kier molecular flexibility index (Phi) is 5.18. The highest BCUT2D eigenvalue weighted by molar-refractivity contribution is 6.30. The van der Waals surface area contributed by atoms with Gasteiger partial charge < -0.3 is 10.5 Å². The number of oxime groups is 1. The maximum absolute atomic E-state index is 13.4. The zero-order valence-electron chi connectivity index (χ0n) is 14.8. The van der Waals surface area contributed by atoms with Crippen LogP contribution in [0.5, 0.6) is 0 Å². The second kappa shape index (κ2) is 7.74. The number of rotatable bonds is 7. The molecule has 27 heavy (non-hydrogen) atoms. The highest BCUT2D eigenvalue weighted by Crippen LogP contribution is 2.30. The molecule has 1 fully saturated rings. The lowest BCUT2D eigenvalue weighted by molar-refractivity contribution is 0.318. The minimum Gasteiger partial charge on any atom is -0.411 e. The summed E-state index contributed by atoms with van der Waals surface area (Å²) in [7, 11) is 0. The highest BCUT2D eigenvalue weighted by Gasteiger charge is 2.24. The third-order valence-electron chi connectivity index (χ3n) is 4.92. The fraction of sp³-hybridized carbons (Fsp3) is 0.350. The molecule has 0 unspecified atom stereocenters. The van der Waals surface area contributed by atoms with Crippen molar-refractivity contribution >= 4 is 28.8 Å². The molecule has 7 heteroatoms. The van der Waals surface area contributed by atoms with E-state index in [0.717, 1.165) is 41.4 Å². The largest absolute Gasteiger partial charge is 0.411 e. The molecule has 0 spiro atoms. The van der Waals surface area contributed by atoms with Crippen molar-refractivity contribution in [2.45, 2.75) is 25.7 Å². The summed E-state index contributed by atoms with van der Waals surface area (Å²) >= 11 is 5.86. The van der Waals surface area contributed by atoms with Gasteiger partial charge in [-0.2, -0.15) is 0 Å². The van der Waals surface area contributed by atoms with E-state index in [4.69, 9.17) is 11.6 Å². The predicted molar refractivity (Wildman–Crippen MR) is 104 cm³/mol. The van der Waals surface area contributed by atoms with Crippen molar-refractivity contribution in [1.82, 2.24) is 10.3 Å². The average molecular weight is 387 g/mol. The SMILES string of the molecule is O/N=C(\Cc1ccc(F)c(Cl)c1)c1ccnc2c1CC(CNCC1CC1)=N2. The summed E-state index contributed by atoms with van der Waals surface area (Å²) in [6, 6.07) is 6.33. The zero-order chi connectivity index (χ0) is 18.8. The number of hydrogen-bond donors (Lipinski definition) is 2. The van der Waals surface area contributed by atoms with E-state index in [-0.39, 0.29) is 5.02 Å². The van der Waals surface area contributed by atoms with Crippen LogP contribution < -0.4 is 5.32 Å². The number of nitrogens with zero attached hydrogens (tertiary/aromatic N) is 3. The number of hydrogen-bond acceptors (Lipinski definition) is 5. The van der Waals surface area contributed by atoms with E-state index >= 15 is 0 Å². The van der Waals surface area contributed by atoms with E-state index in [1.165, 1.54) is 18.9 Å². The number of halogens is 2. The monoisotopic (exact) mass is 386 g/mol. The van der Waals surface area contributed by atoms with Gasteiger partial charge in [0, 0.05) is 42.4 Å². The summed E-state index contributed by atoms with van der Waals surface area (Å²) in [5, 5.41) is 16.6. The van der Waals surface area contributed by atoms with Gasteiger partial charge in [-0.25, -0.2) is 14.4 Å². The molecule has 0 bridgehead atoms. The molecule has 1 aromatic heterocycles. The summed E-state index contributed by atoms with van der Waals surface area (Å²) in [5.41, 5.74) is 4.06. The number of benzene rings is 1. The Hall–Kier alpha value is -2.31. The van der Waals surface area contributed by atoms with Crippen molar-refractivity contribution in [3.8, 4) is 0 Å². The van der Waals surface area contributed by atoms with Crippen LogP contribution in [0.1, 0.15) is 29.5 Å². The first-order chi connectivity index (χ1) is 13.1. The molecule has 2 heterocycles. The molecule has 1 saturated carbocycles. The number of nitrogens with one attached hydrogen (secondary N) is 1. The molecule has 2 aromatic rings. The highest BCUT2D eigenvalue weighted by atomic mass is 35.5. The molecule has 0 radical (unpaired) electrons. The Morgan fingerprint density at radius 1 is 1.33 bits per heavy atom. The molecule has 1 aliphatic carbocycles. The summed E-state index contributed by atoms with van der Waals surface area (Å²) in [4.78, 5) is 8.97. The minimum atomic E-state index is -0.468. The van der Waals surface area contributed by atoms with Gasteiger partial charge in [-0.05, 0) is 49.1 Å². The third-order valence-corrected chi connectivity index (χ3v) is 5.21. The molecule has 0 amide bonds. The quantitative estimate of drug-likeness (QED) is 0.430. The second-order valence-corrected chi connectivity index (χ2v) is 7.47. The van der Waals surface area contributed by atoms with Crippen molar-refractivity contribution < 1.29 is 9.60 Å². The van der Waals surface area contributed by atoms with E-state index in [1.54, 1.807) is 18.3 Å². The normalized spacial score (nSPS) is 16.4. The number of aliphatic imine (C=N–C) groups is 1. The standard InChI is InChI=1S/C20H20ClFN4O/c21-17-7-13(3-4-18(17)22)8-19(26-27)15-5-6-24-20-16(15)9-14(25-20)11-23-10-12-1-2-12/h3-7,12,23,27H,1-2,8-11H2/b26-19+. The van der Waals surface area contributed by atoms with Crippen LogP contribution in [-0.2, 0) is 12.8 Å². The van der Waals surface area contributed by atoms with Crippen LogP contribution in [0.3, 0.4) is 0 Å².